The molecule has 117 valence electrons. The number of benzene rings is 1. The molecule has 1 radical (unpaired) electrons. The van der Waals surface area contributed by atoms with E-state index < -0.39 is 0 Å². The first-order valence-corrected chi connectivity index (χ1v) is 7.29. The highest BCUT2D eigenvalue weighted by Crippen LogP contribution is 2.09. The van der Waals surface area contributed by atoms with Crippen molar-refractivity contribution in [3.05, 3.63) is 60.0 Å². The van der Waals surface area contributed by atoms with E-state index in [1.54, 1.807) is 0 Å². The molecule has 0 aliphatic heterocycles. The fraction of sp³-hybridized carbons (Fsp3) is 0.353. The second-order valence-corrected chi connectivity index (χ2v) is 4.75. The Morgan fingerprint density at radius 3 is 2.77 bits per heavy atom. The van der Waals surface area contributed by atoms with E-state index in [9.17, 15) is 4.39 Å². The Hall–Kier alpha value is -1.98. The van der Waals surface area contributed by atoms with Crippen LogP contribution in [0.3, 0.4) is 0 Å². The van der Waals surface area contributed by atoms with Gasteiger partial charge < -0.3 is 14.8 Å². The van der Waals surface area contributed by atoms with Crippen LogP contribution in [0.25, 0.3) is 0 Å². The van der Waals surface area contributed by atoms with Gasteiger partial charge >= 0.3 is 0 Å². The monoisotopic (exact) mass is 303 g/mol. The summed E-state index contributed by atoms with van der Waals surface area (Å²) in [6.07, 6.45) is 0.953. The van der Waals surface area contributed by atoms with Crippen molar-refractivity contribution in [1.82, 2.24) is 10.3 Å². The van der Waals surface area contributed by atoms with Gasteiger partial charge in [-0.3, -0.25) is 0 Å². The molecule has 0 spiro atoms. The zero-order valence-corrected chi connectivity index (χ0v) is 12.6. The highest BCUT2D eigenvalue weighted by atomic mass is 19.1. The SMILES string of the molecule is CCOCC(CNCc1cc[c]cc1)Oc1ccc(F)cn1. The fourth-order valence-corrected chi connectivity index (χ4v) is 1.90. The van der Waals surface area contributed by atoms with Gasteiger partial charge in [0.15, 0.2) is 0 Å². The molecule has 1 N–H and O–H groups in total. The quantitative estimate of drug-likeness (QED) is 0.773. The molecule has 0 saturated heterocycles. The zero-order valence-electron chi connectivity index (χ0n) is 12.6. The lowest BCUT2D eigenvalue weighted by molar-refractivity contribution is 0.0539. The Kier molecular flexibility index (Phi) is 6.80. The maximum Gasteiger partial charge on any atom is 0.213 e. The maximum atomic E-state index is 12.9. The van der Waals surface area contributed by atoms with Crippen LogP contribution in [-0.2, 0) is 11.3 Å². The second kappa shape index (κ2) is 9.12. The first kappa shape index (κ1) is 16.4. The van der Waals surface area contributed by atoms with E-state index in [1.807, 2.05) is 31.2 Å². The number of halogens is 1. The third-order valence-electron chi connectivity index (χ3n) is 2.98. The van der Waals surface area contributed by atoms with Crippen molar-refractivity contribution >= 4 is 0 Å². The van der Waals surface area contributed by atoms with Gasteiger partial charge in [0, 0.05) is 25.8 Å². The number of nitrogens with zero attached hydrogens (tertiary/aromatic N) is 1. The minimum Gasteiger partial charge on any atom is -0.471 e. The summed E-state index contributed by atoms with van der Waals surface area (Å²) in [5, 5.41) is 3.32. The minimum atomic E-state index is -0.382. The number of ether oxygens (including phenoxy) is 2. The molecule has 2 rings (SSSR count). The van der Waals surface area contributed by atoms with Crippen molar-refractivity contribution in [3.8, 4) is 5.88 Å². The zero-order chi connectivity index (χ0) is 15.6. The van der Waals surface area contributed by atoms with Crippen LogP contribution in [0.5, 0.6) is 5.88 Å². The van der Waals surface area contributed by atoms with Crippen molar-refractivity contribution in [2.24, 2.45) is 0 Å². The van der Waals surface area contributed by atoms with E-state index in [2.05, 4.69) is 16.4 Å². The van der Waals surface area contributed by atoms with Crippen LogP contribution in [0.1, 0.15) is 12.5 Å². The third-order valence-corrected chi connectivity index (χ3v) is 2.98. The molecule has 1 aromatic heterocycles. The van der Waals surface area contributed by atoms with Gasteiger partial charge in [-0.05, 0) is 24.6 Å². The standard InChI is InChI=1S/C17H20FN2O2/c1-2-21-13-16(22-17-9-8-15(18)11-20-17)12-19-10-14-6-4-3-5-7-14/h4-9,11,16,19H,2,10,12-13H2,1H3. The number of rotatable bonds is 9. The molecule has 5 heteroatoms. The molecular weight excluding hydrogens is 283 g/mol. The Morgan fingerprint density at radius 1 is 1.27 bits per heavy atom. The van der Waals surface area contributed by atoms with Gasteiger partial charge in [0.1, 0.15) is 11.9 Å². The molecule has 0 saturated carbocycles. The van der Waals surface area contributed by atoms with Crippen molar-refractivity contribution in [1.29, 1.82) is 0 Å². The van der Waals surface area contributed by atoms with Crippen LogP contribution < -0.4 is 10.1 Å². The number of pyridine rings is 1. The van der Waals surface area contributed by atoms with Gasteiger partial charge in [-0.1, -0.05) is 24.3 Å². The van der Waals surface area contributed by atoms with Crippen molar-refractivity contribution in [2.45, 2.75) is 19.6 Å². The van der Waals surface area contributed by atoms with Crippen molar-refractivity contribution < 1.29 is 13.9 Å². The minimum absolute atomic E-state index is 0.187. The van der Waals surface area contributed by atoms with E-state index in [4.69, 9.17) is 9.47 Å². The normalized spacial score (nSPS) is 12.1. The average molecular weight is 303 g/mol. The molecule has 0 amide bonds. The number of nitrogens with one attached hydrogen (secondary N) is 1. The van der Waals surface area contributed by atoms with E-state index in [0.29, 0.717) is 25.6 Å². The Bertz CT molecular complexity index is 534. The largest absolute Gasteiger partial charge is 0.471 e. The lowest BCUT2D eigenvalue weighted by atomic mass is 10.2. The molecule has 4 nitrogen and oxygen atoms in total. The molecule has 0 fully saturated rings. The summed E-state index contributed by atoms with van der Waals surface area (Å²) in [5.74, 6) is 0.00919. The summed E-state index contributed by atoms with van der Waals surface area (Å²) >= 11 is 0. The van der Waals surface area contributed by atoms with Crippen molar-refractivity contribution in [3.63, 3.8) is 0 Å². The first-order chi connectivity index (χ1) is 10.8. The molecule has 0 aliphatic carbocycles. The number of hydrogen-bond acceptors (Lipinski definition) is 4. The van der Waals surface area contributed by atoms with Gasteiger partial charge in [0.05, 0.1) is 12.8 Å². The van der Waals surface area contributed by atoms with Crippen LogP contribution in [-0.4, -0.2) is 30.8 Å². The van der Waals surface area contributed by atoms with Gasteiger partial charge in [0.25, 0.3) is 0 Å². The molecule has 22 heavy (non-hydrogen) atoms. The summed E-state index contributed by atoms with van der Waals surface area (Å²) < 4.78 is 24.0. The Labute approximate surface area is 130 Å². The van der Waals surface area contributed by atoms with Crippen LogP contribution in [0.4, 0.5) is 4.39 Å². The molecule has 0 bridgehead atoms. The van der Waals surface area contributed by atoms with Gasteiger partial charge in [-0.2, -0.15) is 0 Å². The predicted octanol–water partition coefficient (Wildman–Crippen LogP) is 2.59. The second-order valence-electron chi connectivity index (χ2n) is 4.75. The lowest BCUT2D eigenvalue weighted by Gasteiger charge is -2.19. The highest BCUT2D eigenvalue weighted by Gasteiger charge is 2.11. The van der Waals surface area contributed by atoms with Gasteiger partial charge in [-0.15, -0.1) is 0 Å². The van der Waals surface area contributed by atoms with E-state index >= 15 is 0 Å². The fourth-order valence-electron chi connectivity index (χ4n) is 1.90. The van der Waals surface area contributed by atoms with Crippen LogP contribution in [0.15, 0.2) is 42.6 Å². The highest BCUT2D eigenvalue weighted by molar-refractivity contribution is 5.13. The molecule has 2 aromatic rings. The predicted molar refractivity (Wildman–Crippen MR) is 82.1 cm³/mol. The summed E-state index contributed by atoms with van der Waals surface area (Å²) in [6, 6.07) is 13.6. The Morgan fingerprint density at radius 2 is 2.09 bits per heavy atom. The topological polar surface area (TPSA) is 43.4 Å². The van der Waals surface area contributed by atoms with Crippen LogP contribution in [0, 0.1) is 11.9 Å². The first-order valence-electron chi connectivity index (χ1n) is 7.29. The smallest absolute Gasteiger partial charge is 0.213 e. The van der Waals surface area contributed by atoms with Gasteiger partial charge in [0.2, 0.25) is 5.88 Å². The number of hydrogen-bond donors (Lipinski definition) is 1. The Balaban J connectivity index is 1.84. The van der Waals surface area contributed by atoms with Crippen LogP contribution >= 0.6 is 0 Å². The van der Waals surface area contributed by atoms with Gasteiger partial charge in [-0.25, -0.2) is 9.37 Å². The summed E-state index contributed by atoms with van der Waals surface area (Å²) in [6.45, 7) is 4.34. The van der Waals surface area contributed by atoms with Crippen LogP contribution in [0.2, 0.25) is 0 Å². The van der Waals surface area contributed by atoms with E-state index in [0.717, 1.165) is 12.7 Å². The summed E-state index contributed by atoms with van der Waals surface area (Å²) in [7, 11) is 0. The van der Waals surface area contributed by atoms with Crippen molar-refractivity contribution in [2.75, 3.05) is 19.8 Å². The van der Waals surface area contributed by atoms with E-state index in [1.165, 1.54) is 17.7 Å². The molecule has 0 aliphatic rings. The lowest BCUT2D eigenvalue weighted by Crippen LogP contribution is -2.35. The summed E-state index contributed by atoms with van der Waals surface area (Å²) in [5.41, 5.74) is 1.17. The molecule has 1 heterocycles. The molecular formula is C17H20FN2O2. The van der Waals surface area contributed by atoms with E-state index in [-0.39, 0.29) is 11.9 Å². The number of aromatic nitrogens is 1. The molecule has 1 unspecified atom stereocenters. The molecule has 1 atom stereocenters. The summed E-state index contributed by atoms with van der Waals surface area (Å²) in [4.78, 5) is 3.91. The molecule has 1 aromatic carbocycles. The third kappa shape index (κ3) is 5.79. The maximum absolute atomic E-state index is 12.9. The average Bonchev–Trinajstić information content (AvgIpc) is 2.55.